The lowest BCUT2D eigenvalue weighted by molar-refractivity contribution is 0.0997. The second-order valence-corrected chi connectivity index (χ2v) is 2.03. The fourth-order valence-electron chi connectivity index (χ4n) is 0.706. The average molecular weight is 155 g/mol. The van der Waals surface area contributed by atoms with Crippen molar-refractivity contribution in [3.63, 3.8) is 0 Å². The van der Waals surface area contributed by atoms with Crippen LogP contribution < -0.4 is 5.73 Å². The maximum absolute atomic E-state index is 12.4. The second kappa shape index (κ2) is 2.57. The number of phenols is 1. The van der Waals surface area contributed by atoms with Gasteiger partial charge in [-0.05, 0) is 18.2 Å². The number of amides is 1. The molecule has 58 valence electrons. The lowest BCUT2D eigenvalue weighted by Gasteiger charge is -1.98. The van der Waals surface area contributed by atoms with Crippen molar-refractivity contribution in [2.45, 2.75) is 0 Å². The van der Waals surface area contributed by atoms with Crippen molar-refractivity contribution in [2.75, 3.05) is 0 Å². The average Bonchev–Trinajstić information content (AvgIpc) is 1.94. The number of rotatable bonds is 1. The molecule has 0 aliphatic rings. The van der Waals surface area contributed by atoms with Crippen molar-refractivity contribution in [1.82, 2.24) is 0 Å². The molecule has 0 radical (unpaired) electrons. The summed E-state index contributed by atoms with van der Waals surface area (Å²) in [4.78, 5) is 10.5. The lowest BCUT2D eigenvalue weighted by Crippen LogP contribution is -2.11. The Bertz CT molecular complexity index is 298. The number of carbonyl (C=O) groups excluding carboxylic acids is 1. The van der Waals surface area contributed by atoms with E-state index < -0.39 is 11.7 Å². The fraction of sp³-hybridized carbons (Fsp3) is 0. The first-order valence-electron chi connectivity index (χ1n) is 2.89. The van der Waals surface area contributed by atoms with E-state index in [0.717, 1.165) is 18.2 Å². The Hall–Kier alpha value is -1.58. The molecule has 0 saturated heterocycles. The summed E-state index contributed by atoms with van der Waals surface area (Å²) in [6.45, 7) is 0. The molecular weight excluding hydrogens is 149 g/mol. The van der Waals surface area contributed by atoms with Crippen LogP contribution in [0.15, 0.2) is 18.2 Å². The van der Waals surface area contributed by atoms with E-state index in [1.807, 2.05) is 0 Å². The van der Waals surface area contributed by atoms with E-state index in [9.17, 15) is 9.18 Å². The molecule has 0 aliphatic carbocycles. The van der Waals surface area contributed by atoms with Gasteiger partial charge in [-0.1, -0.05) is 0 Å². The zero-order chi connectivity index (χ0) is 8.43. The SMILES string of the molecule is NC(=O)c1cc(F)ccc1O. The van der Waals surface area contributed by atoms with Gasteiger partial charge in [0.15, 0.2) is 0 Å². The van der Waals surface area contributed by atoms with Gasteiger partial charge < -0.3 is 10.8 Å². The Morgan fingerprint density at radius 2 is 2.18 bits per heavy atom. The van der Waals surface area contributed by atoms with Crippen molar-refractivity contribution in [2.24, 2.45) is 5.73 Å². The van der Waals surface area contributed by atoms with E-state index in [2.05, 4.69) is 0 Å². The Balaban J connectivity index is 3.23. The minimum atomic E-state index is -0.845. The number of carbonyl (C=O) groups is 1. The summed E-state index contributed by atoms with van der Waals surface area (Å²) in [6.07, 6.45) is 0. The quantitative estimate of drug-likeness (QED) is 0.624. The summed E-state index contributed by atoms with van der Waals surface area (Å²) in [5.74, 6) is -1.75. The minimum absolute atomic E-state index is 0.204. The highest BCUT2D eigenvalue weighted by atomic mass is 19.1. The molecule has 0 bridgehead atoms. The third-order valence-corrected chi connectivity index (χ3v) is 1.22. The number of aromatic hydroxyl groups is 1. The van der Waals surface area contributed by atoms with Crippen LogP contribution in [0.5, 0.6) is 5.75 Å². The van der Waals surface area contributed by atoms with Crippen molar-refractivity contribution in [3.05, 3.63) is 29.6 Å². The summed E-state index contributed by atoms with van der Waals surface area (Å²) in [6, 6.07) is 3.01. The monoisotopic (exact) mass is 155 g/mol. The van der Waals surface area contributed by atoms with E-state index in [1.54, 1.807) is 0 Å². The molecule has 1 amide bonds. The summed E-state index contributed by atoms with van der Waals surface area (Å²) >= 11 is 0. The molecular formula is C7H6FNO2. The van der Waals surface area contributed by atoms with Crippen molar-refractivity contribution < 1.29 is 14.3 Å². The Kier molecular flexibility index (Phi) is 1.76. The van der Waals surface area contributed by atoms with Crippen LogP contribution in [0, 0.1) is 5.82 Å². The molecule has 4 heteroatoms. The third-order valence-electron chi connectivity index (χ3n) is 1.22. The normalized spacial score (nSPS) is 9.55. The van der Waals surface area contributed by atoms with Gasteiger partial charge >= 0.3 is 0 Å². The van der Waals surface area contributed by atoms with E-state index in [-0.39, 0.29) is 11.3 Å². The van der Waals surface area contributed by atoms with E-state index in [1.165, 1.54) is 0 Å². The van der Waals surface area contributed by atoms with E-state index >= 15 is 0 Å². The maximum atomic E-state index is 12.4. The van der Waals surface area contributed by atoms with E-state index in [0.29, 0.717) is 0 Å². The van der Waals surface area contributed by atoms with Crippen LogP contribution in [-0.4, -0.2) is 11.0 Å². The van der Waals surface area contributed by atoms with Crippen LogP contribution in [0.25, 0.3) is 0 Å². The summed E-state index contributed by atoms with van der Waals surface area (Å²) in [5.41, 5.74) is 4.61. The van der Waals surface area contributed by atoms with Crippen LogP contribution in [0.1, 0.15) is 10.4 Å². The molecule has 1 rings (SSSR count). The predicted molar refractivity (Wildman–Crippen MR) is 36.6 cm³/mol. The molecule has 1 aromatic rings. The van der Waals surface area contributed by atoms with Gasteiger partial charge in [0.05, 0.1) is 5.56 Å². The highest BCUT2D eigenvalue weighted by Gasteiger charge is 2.07. The van der Waals surface area contributed by atoms with Gasteiger partial charge in [0.2, 0.25) is 0 Å². The molecule has 11 heavy (non-hydrogen) atoms. The molecule has 3 N–H and O–H groups in total. The molecule has 0 atom stereocenters. The summed E-state index contributed by atoms with van der Waals surface area (Å²) in [7, 11) is 0. The number of hydrogen-bond donors (Lipinski definition) is 2. The standard InChI is InChI=1S/C7H6FNO2/c8-4-1-2-6(10)5(3-4)7(9)11/h1-3,10H,(H2,9,11). The fourth-order valence-corrected chi connectivity index (χ4v) is 0.706. The number of nitrogens with two attached hydrogens (primary N) is 1. The van der Waals surface area contributed by atoms with Crippen molar-refractivity contribution >= 4 is 5.91 Å². The zero-order valence-electron chi connectivity index (χ0n) is 5.54. The highest BCUT2D eigenvalue weighted by molar-refractivity contribution is 5.95. The summed E-state index contributed by atoms with van der Waals surface area (Å²) < 4.78 is 12.4. The van der Waals surface area contributed by atoms with Crippen LogP contribution in [0.2, 0.25) is 0 Å². The minimum Gasteiger partial charge on any atom is -0.507 e. The Morgan fingerprint density at radius 1 is 1.55 bits per heavy atom. The maximum Gasteiger partial charge on any atom is 0.252 e. The van der Waals surface area contributed by atoms with Gasteiger partial charge in [0.1, 0.15) is 11.6 Å². The van der Waals surface area contributed by atoms with Gasteiger partial charge in [-0.2, -0.15) is 0 Å². The third kappa shape index (κ3) is 1.46. The molecule has 0 heterocycles. The van der Waals surface area contributed by atoms with Crippen molar-refractivity contribution in [1.29, 1.82) is 0 Å². The highest BCUT2D eigenvalue weighted by Crippen LogP contribution is 2.16. The van der Waals surface area contributed by atoms with Crippen LogP contribution in [-0.2, 0) is 0 Å². The molecule has 0 aromatic heterocycles. The van der Waals surface area contributed by atoms with Crippen molar-refractivity contribution in [3.8, 4) is 5.75 Å². The number of hydrogen-bond acceptors (Lipinski definition) is 2. The molecule has 0 spiro atoms. The van der Waals surface area contributed by atoms with Gasteiger partial charge in [-0.3, -0.25) is 4.79 Å². The van der Waals surface area contributed by atoms with Gasteiger partial charge in [0.25, 0.3) is 5.91 Å². The smallest absolute Gasteiger partial charge is 0.252 e. The lowest BCUT2D eigenvalue weighted by atomic mass is 10.2. The Morgan fingerprint density at radius 3 is 2.64 bits per heavy atom. The van der Waals surface area contributed by atoms with Crippen LogP contribution in [0.3, 0.4) is 0 Å². The second-order valence-electron chi connectivity index (χ2n) is 2.03. The van der Waals surface area contributed by atoms with Gasteiger partial charge in [-0.25, -0.2) is 4.39 Å². The number of halogens is 1. The molecule has 0 fully saturated rings. The van der Waals surface area contributed by atoms with Gasteiger partial charge in [0, 0.05) is 0 Å². The van der Waals surface area contributed by atoms with E-state index in [4.69, 9.17) is 10.8 Å². The molecule has 0 unspecified atom stereocenters. The number of primary amides is 1. The Labute approximate surface area is 62.3 Å². The molecule has 0 saturated carbocycles. The first kappa shape index (κ1) is 7.53. The molecule has 3 nitrogen and oxygen atoms in total. The largest absolute Gasteiger partial charge is 0.507 e. The first-order valence-corrected chi connectivity index (χ1v) is 2.89. The van der Waals surface area contributed by atoms with Crippen LogP contribution in [0.4, 0.5) is 4.39 Å². The molecule has 1 aromatic carbocycles. The van der Waals surface area contributed by atoms with Gasteiger partial charge in [-0.15, -0.1) is 0 Å². The zero-order valence-corrected chi connectivity index (χ0v) is 5.54. The topological polar surface area (TPSA) is 63.3 Å². The number of benzene rings is 1. The first-order chi connectivity index (χ1) is 5.11. The molecule has 0 aliphatic heterocycles. The predicted octanol–water partition coefficient (Wildman–Crippen LogP) is 0.630. The van der Waals surface area contributed by atoms with Crippen LogP contribution >= 0.6 is 0 Å². The summed E-state index contributed by atoms with van der Waals surface area (Å²) in [5, 5.41) is 8.94.